The minimum absolute atomic E-state index is 0.0196. The number of sulfonamides is 1. The number of rotatable bonds is 9. The van der Waals surface area contributed by atoms with Gasteiger partial charge in [0.1, 0.15) is 11.5 Å². The number of benzene rings is 3. The van der Waals surface area contributed by atoms with Crippen LogP contribution in [0.1, 0.15) is 33.0 Å². The molecule has 0 saturated heterocycles. The van der Waals surface area contributed by atoms with E-state index in [2.05, 4.69) is 10.5 Å². The molecule has 0 aliphatic rings. The zero-order valence-corrected chi connectivity index (χ0v) is 24.2. The number of nitrogens with one attached hydrogen (secondary N) is 1. The van der Waals surface area contributed by atoms with Crippen molar-refractivity contribution in [3.8, 4) is 0 Å². The van der Waals surface area contributed by atoms with E-state index < -0.39 is 15.9 Å². The van der Waals surface area contributed by atoms with Gasteiger partial charge in [0.15, 0.2) is 0 Å². The van der Waals surface area contributed by atoms with Crippen molar-refractivity contribution in [2.75, 3.05) is 0 Å². The van der Waals surface area contributed by atoms with Crippen molar-refractivity contribution in [1.29, 1.82) is 0 Å². The highest BCUT2D eigenvalue weighted by Crippen LogP contribution is 2.27. The minimum Gasteiger partial charge on any atom is -0.459 e. The first-order valence-corrected chi connectivity index (χ1v) is 14.4. The third-order valence-electron chi connectivity index (χ3n) is 5.57. The number of hydrazone groups is 1. The maximum absolute atomic E-state index is 13.6. The number of hydrogen-bond donors (Lipinski definition) is 1. The molecule has 0 spiro atoms. The molecule has 1 heterocycles. The van der Waals surface area contributed by atoms with Gasteiger partial charge < -0.3 is 4.42 Å². The molecule has 7 nitrogen and oxygen atoms in total. The first kappa shape index (κ1) is 29.1. The molecule has 4 aromatic rings. The fourth-order valence-electron chi connectivity index (χ4n) is 3.54. The Morgan fingerprint density at radius 1 is 0.897 bits per heavy atom. The van der Waals surface area contributed by atoms with Gasteiger partial charge in [-0.05, 0) is 67.1 Å². The van der Waals surface area contributed by atoms with Crippen LogP contribution in [0.3, 0.4) is 0 Å². The fraction of sp³-hybridized carbons (Fsp3) is 0.111. The van der Waals surface area contributed by atoms with Crippen molar-refractivity contribution in [1.82, 2.24) is 9.73 Å². The average molecular weight is 625 g/mol. The normalized spacial score (nSPS) is 11.8. The van der Waals surface area contributed by atoms with Gasteiger partial charge in [-0.1, -0.05) is 70.2 Å². The van der Waals surface area contributed by atoms with Gasteiger partial charge in [0.25, 0.3) is 5.91 Å². The maximum Gasteiger partial charge on any atom is 0.272 e. The Hall–Kier alpha value is -2.85. The molecule has 0 fully saturated rings. The molecule has 0 atom stereocenters. The van der Waals surface area contributed by atoms with Gasteiger partial charge in [0.05, 0.1) is 28.2 Å². The maximum atomic E-state index is 13.6. The standard InChI is InChI=1S/C27H21Cl4N3O4S/c1-17-2-9-23(10-3-17)39(36,37)34(15-18-4-5-19(28)12-25(18)30)16-22-8-7-21(38-22)14-32-33-27(35)24-11-6-20(29)13-26(24)31/h2-14H,15-16H2,1H3,(H,33,35)/b32-14-. The fourth-order valence-corrected chi connectivity index (χ4v) is 5.88. The van der Waals surface area contributed by atoms with Gasteiger partial charge in [-0.3, -0.25) is 4.79 Å². The van der Waals surface area contributed by atoms with Crippen LogP contribution in [0.15, 0.2) is 87.2 Å². The second kappa shape index (κ2) is 12.6. The number of aryl methyl sites for hydroxylation is 1. The highest BCUT2D eigenvalue weighted by Gasteiger charge is 2.27. The van der Waals surface area contributed by atoms with Crippen molar-refractivity contribution >= 4 is 68.5 Å². The van der Waals surface area contributed by atoms with Crippen molar-refractivity contribution in [3.05, 3.63) is 121 Å². The first-order chi connectivity index (χ1) is 18.5. The van der Waals surface area contributed by atoms with Crippen LogP contribution in [0.25, 0.3) is 0 Å². The molecule has 1 N–H and O–H groups in total. The molecule has 12 heteroatoms. The van der Waals surface area contributed by atoms with Gasteiger partial charge in [-0.15, -0.1) is 0 Å². The Kier molecular flexibility index (Phi) is 9.38. The van der Waals surface area contributed by atoms with Gasteiger partial charge >= 0.3 is 0 Å². The number of halogens is 4. The van der Waals surface area contributed by atoms with E-state index in [0.717, 1.165) is 5.56 Å². The molecule has 0 unspecified atom stereocenters. The van der Waals surface area contributed by atoms with Crippen molar-refractivity contribution < 1.29 is 17.6 Å². The van der Waals surface area contributed by atoms with Gasteiger partial charge in [0.2, 0.25) is 10.0 Å². The highest BCUT2D eigenvalue weighted by atomic mass is 35.5. The van der Waals surface area contributed by atoms with E-state index in [1.54, 1.807) is 60.7 Å². The van der Waals surface area contributed by atoms with Crippen LogP contribution in [-0.4, -0.2) is 24.8 Å². The molecule has 0 aliphatic heterocycles. The number of furan rings is 1. The summed E-state index contributed by atoms with van der Waals surface area (Å²) < 4.78 is 34.2. The number of nitrogens with zero attached hydrogens (tertiary/aromatic N) is 2. The molecule has 1 amide bonds. The van der Waals surface area contributed by atoms with E-state index in [4.69, 9.17) is 50.8 Å². The summed E-state index contributed by atoms with van der Waals surface area (Å²) in [6, 6.07) is 19.1. The summed E-state index contributed by atoms with van der Waals surface area (Å²) in [6.45, 7) is 1.77. The highest BCUT2D eigenvalue weighted by molar-refractivity contribution is 7.89. The lowest BCUT2D eigenvalue weighted by molar-refractivity contribution is 0.0955. The summed E-state index contributed by atoms with van der Waals surface area (Å²) >= 11 is 24.3. The SMILES string of the molecule is Cc1ccc(S(=O)(=O)N(Cc2ccc(/C=N\NC(=O)c3ccc(Cl)cc3Cl)o2)Cc2ccc(Cl)cc2Cl)cc1. The minimum atomic E-state index is -3.93. The van der Waals surface area contributed by atoms with Crippen LogP contribution in [0.4, 0.5) is 0 Å². The molecule has 0 aliphatic carbocycles. The summed E-state index contributed by atoms with van der Waals surface area (Å²) in [5, 5.41) is 5.27. The van der Waals surface area contributed by atoms with E-state index >= 15 is 0 Å². The number of hydrogen-bond acceptors (Lipinski definition) is 5. The molecular formula is C27H21Cl4N3O4S. The van der Waals surface area contributed by atoms with Crippen LogP contribution in [-0.2, 0) is 23.1 Å². The summed E-state index contributed by atoms with van der Waals surface area (Å²) in [6.07, 6.45) is 1.29. The monoisotopic (exact) mass is 623 g/mol. The second-order valence-electron chi connectivity index (χ2n) is 8.45. The quantitative estimate of drug-likeness (QED) is 0.156. The molecule has 3 aromatic carbocycles. The van der Waals surface area contributed by atoms with Crippen molar-refractivity contribution in [2.24, 2.45) is 5.10 Å². The Morgan fingerprint density at radius 2 is 1.56 bits per heavy atom. The van der Waals surface area contributed by atoms with Crippen molar-refractivity contribution in [3.63, 3.8) is 0 Å². The third kappa shape index (κ3) is 7.42. The summed E-state index contributed by atoms with van der Waals surface area (Å²) in [4.78, 5) is 12.5. The van der Waals surface area contributed by atoms with E-state index in [1.807, 2.05) is 6.92 Å². The second-order valence-corrected chi connectivity index (χ2v) is 12.1. The Bertz CT molecular complexity index is 1640. The summed E-state index contributed by atoms with van der Waals surface area (Å²) in [5.41, 5.74) is 4.08. The Morgan fingerprint density at radius 3 is 2.23 bits per heavy atom. The van der Waals surface area contributed by atoms with E-state index in [-0.39, 0.29) is 28.6 Å². The van der Waals surface area contributed by atoms with Gasteiger partial charge in [-0.2, -0.15) is 9.41 Å². The van der Waals surface area contributed by atoms with Crippen molar-refractivity contribution in [2.45, 2.75) is 24.9 Å². The molecule has 0 bridgehead atoms. The van der Waals surface area contributed by atoms with E-state index in [0.29, 0.717) is 32.2 Å². The van der Waals surface area contributed by atoms with E-state index in [1.165, 1.54) is 22.7 Å². The zero-order chi connectivity index (χ0) is 28.2. The lowest BCUT2D eigenvalue weighted by atomic mass is 10.2. The van der Waals surface area contributed by atoms with Crippen LogP contribution < -0.4 is 5.43 Å². The topological polar surface area (TPSA) is 92.0 Å². The Labute approximate surface area is 246 Å². The first-order valence-electron chi connectivity index (χ1n) is 11.4. The molecule has 4 rings (SSSR count). The predicted octanol–water partition coefficient (Wildman–Crippen LogP) is 7.36. The Balaban J connectivity index is 1.53. The predicted molar refractivity (Wildman–Crippen MR) is 154 cm³/mol. The summed E-state index contributed by atoms with van der Waals surface area (Å²) in [7, 11) is -3.93. The molecule has 1 aromatic heterocycles. The van der Waals surface area contributed by atoms with Crippen LogP contribution in [0.5, 0.6) is 0 Å². The molecule has 0 saturated carbocycles. The van der Waals surface area contributed by atoms with Crippen LogP contribution in [0.2, 0.25) is 20.1 Å². The largest absolute Gasteiger partial charge is 0.459 e. The van der Waals surface area contributed by atoms with E-state index in [9.17, 15) is 13.2 Å². The smallest absolute Gasteiger partial charge is 0.272 e. The zero-order valence-electron chi connectivity index (χ0n) is 20.4. The summed E-state index contributed by atoms with van der Waals surface area (Å²) in [5.74, 6) is 0.115. The molecule has 39 heavy (non-hydrogen) atoms. The lowest BCUT2D eigenvalue weighted by Gasteiger charge is -2.22. The number of carbonyl (C=O) groups is 1. The lowest BCUT2D eigenvalue weighted by Crippen LogP contribution is -2.30. The molecule has 0 radical (unpaired) electrons. The van der Waals surface area contributed by atoms with Gasteiger partial charge in [-0.25, -0.2) is 13.8 Å². The molecular weight excluding hydrogens is 604 g/mol. The number of amides is 1. The number of carbonyl (C=O) groups excluding carboxylic acids is 1. The molecule has 202 valence electrons. The third-order valence-corrected chi connectivity index (χ3v) is 8.51. The van der Waals surface area contributed by atoms with Crippen LogP contribution in [0, 0.1) is 6.92 Å². The van der Waals surface area contributed by atoms with Crippen LogP contribution >= 0.6 is 46.4 Å². The average Bonchev–Trinajstić information content (AvgIpc) is 3.32. The van der Waals surface area contributed by atoms with Gasteiger partial charge in [0, 0.05) is 21.6 Å².